The van der Waals surface area contributed by atoms with Gasteiger partial charge in [-0.25, -0.2) is 65.7 Å². The van der Waals surface area contributed by atoms with Crippen LogP contribution >= 0.6 is 0 Å². The third-order valence-electron chi connectivity index (χ3n) is 22.6. The summed E-state index contributed by atoms with van der Waals surface area (Å²) in [6.45, 7) is 18.8. The van der Waals surface area contributed by atoms with Crippen LogP contribution in [0.4, 0.5) is 46.0 Å². The maximum Gasteiger partial charge on any atom is 0.276 e. The molecule has 5 aliphatic rings. The van der Waals surface area contributed by atoms with Crippen LogP contribution in [0.3, 0.4) is 0 Å². The zero-order chi connectivity index (χ0) is 107. The molecule has 5 aliphatic heterocycles. The molecule has 0 bridgehead atoms. The SMILES string of the molecule is C=CC1COc2c(cn(C)c2C(=O)Nc2ccc(C)c(C#N)c2)S(=O)(=O)N1.C=CCC(O)C1COc2c(cn(C)c2C(=O)Nc2ccc(C)c(C#N)c2)S(=O)(=O)N1.C=CCC1COc2c(cn(C)c2C(=O)Nc2ccc(C)c(C#N)c2)S(=O)(=O)N1.Cc1ccc(NC(=O)c2c3c(cn2C)S(=O)(=O)NC(C(O)C=C(F)F)CO3)cc1C#N.Cc1ccc(NC(=O)c2c3c(cn2C)S(=O)(=O)NC(CC=C(F)F)CO3)cc1C#N. The van der Waals surface area contributed by atoms with E-state index in [1.165, 1.54) is 99.1 Å². The Morgan fingerprint density at radius 3 is 0.918 bits per heavy atom. The van der Waals surface area contributed by atoms with Crippen molar-refractivity contribution in [2.24, 2.45) is 35.2 Å². The molecule has 0 spiro atoms. The van der Waals surface area contributed by atoms with Gasteiger partial charge in [-0.2, -0.15) is 43.9 Å². The first-order valence-electron chi connectivity index (χ1n) is 43.4. The van der Waals surface area contributed by atoms with Gasteiger partial charge in [-0.05, 0) is 148 Å². The predicted octanol–water partition coefficient (Wildman–Crippen LogP) is 9.49. The number of ether oxygens (including phenoxy) is 5. The highest BCUT2D eigenvalue weighted by Gasteiger charge is 2.42. The Morgan fingerprint density at radius 2 is 0.651 bits per heavy atom. The van der Waals surface area contributed by atoms with E-state index in [0.717, 1.165) is 34.0 Å². The topological polar surface area (TPSA) is 607 Å². The summed E-state index contributed by atoms with van der Waals surface area (Å²) in [5, 5.41) is 79.0. The number of rotatable bonds is 20. The van der Waals surface area contributed by atoms with E-state index < -0.39 is 141 Å². The monoisotopic (exact) mass is 2100 g/mol. The van der Waals surface area contributed by atoms with Crippen LogP contribution in [-0.2, 0) is 85.4 Å². The van der Waals surface area contributed by atoms with E-state index in [-0.39, 0.29) is 127 Å². The van der Waals surface area contributed by atoms with Crippen molar-refractivity contribution in [1.29, 1.82) is 26.3 Å². The highest BCUT2D eigenvalue weighted by molar-refractivity contribution is 7.90. The molecule has 5 amide bonds. The van der Waals surface area contributed by atoms with Crippen LogP contribution in [0.15, 0.2) is 209 Å². The summed E-state index contributed by atoms with van der Waals surface area (Å²) in [4.78, 5) is 63.3. The lowest BCUT2D eigenvalue weighted by molar-refractivity contribution is 0.0991. The van der Waals surface area contributed by atoms with Crippen molar-refractivity contribution in [3.8, 4) is 59.1 Å². The van der Waals surface area contributed by atoms with E-state index in [1.807, 2.05) is 12.1 Å². The molecule has 0 radical (unpaired) electrons. The lowest BCUT2D eigenvalue weighted by Gasteiger charge is -2.20. The minimum absolute atomic E-state index is 0.00619. The van der Waals surface area contributed by atoms with Gasteiger partial charge in [-0.3, -0.25) is 24.0 Å². The number of fused-ring (bicyclic) bond motifs is 5. The molecule has 5 aromatic carbocycles. The molecule has 12 N–H and O–H groups in total. The molecule has 146 heavy (non-hydrogen) atoms. The van der Waals surface area contributed by atoms with E-state index in [2.05, 4.69) is 88.1 Å². The summed E-state index contributed by atoms with van der Waals surface area (Å²) >= 11 is 0. The fourth-order valence-electron chi connectivity index (χ4n) is 15.0. The molecule has 0 aliphatic carbocycles. The average molecular weight is 2110 g/mol. The second-order valence-electron chi connectivity index (χ2n) is 33.3. The Hall–Kier alpha value is -15.8. The second-order valence-corrected chi connectivity index (χ2v) is 41.7. The number of amides is 5. The van der Waals surface area contributed by atoms with Crippen molar-refractivity contribution < 1.29 is 118 Å². The number of nitrogens with zero attached hydrogens (tertiary/aromatic N) is 10. The first kappa shape index (κ1) is 111. The highest BCUT2D eigenvalue weighted by Crippen LogP contribution is 2.40. The fourth-order valence-corrected chi connectivity index (χ4v) is 22.2. The summed E-state index contributed by atoms with van der Waals surface area (Å²) in [6, 6.07) is 30.2. The van der Waals surface area contributed by atoms with Gasteiger partial charge in [0.05, 0.1) is 101 Å². The normalized spacial score (nSPS) is 17.7. The summed E-state index contributed by atoms with van der Waals surface area (Å²) < 4.78 is 223. The molecule has 0 saturated heterocycles. The van der Waals surface area contributed by atoms with Crippen LogP contribution in [0.5, 0.6) is 28.7 Å². The molecule has 0 saturated carbocycles. The summed E-state index contributed by atoms with van der Waals surface area (Å²) in [7, 11) is -12.5. The molecule has 10 heterocycles. The van der Waals surface area contributed by atoms with E-state index in [0.29, 0.717) is 68.8 Å². The summed E-state index contributed by atoms with van der Waals surface area (Å²) in [5.41, 5.74) is 7.75. The summed E-state index contributed by atoms with van der Waals surface area (Å²) in [5.74, 6) is -3.56. The third-order valence-corrected chi connectivity index (χ3v) is 30.1. The van der Waals surface area contributed by atoms with Gasteiger partial charge in [-0.1, -0.05) is 48.6 Å². The number of benzene rings is 5. The van der Waals surface area contributed by atoms with Gasteiger partial charge in [0.15, 0.2) is 57.2 Å². The maximum atomic E-state index is 12.9. The zero-order valence-corrected chi connectivity index (χ0v) is 83.4. The lowest BCUT2D eigenvalue weighted by atomic mass is 10.1. The Bertz CT molecular complexity index is 7820. The second kappa shape index (κ2) is 46.3. The minimum atomic E-state index is -4.29. The van der Waals surface area contributed by atoms with E-state index in [1.54, 1.807) is 128 Å². The number of anilines is 5. The van der Waals surface area contributed by atoms with Gasteiger partial charge < -0.3 is 83.3 Å². The van der Waals surface area contributed by atoms with Gasteiger partial charge >= 0.3 is 0 Å². The molecule has 10 aromatic rings. The minimum Gasteiger partial charge on any atom is -0.488 e. The van der Waals surface area contributed by atoms with Gasteiger partial charge in [0, 0.05) is 101 Å². The number of nitriles is 5. The third kappa shape index (κ3) is 25.7. The molecule has 7 unspecified atom stereocenters. The number of nitrogens with one attached hydrogen (secondary N) is 10. The smallest absolute Gasteiger partial charge is 0.276 e. The molecule has 42 nitrogen and oxygen atoms in total. The van der Waals surface area contributed by atoms with Crippen molar-refractivity contribution in [2.75, 3.05) is 59.6 Å². The number of carbonyl (C=O) groups excluding carboxylic acids is 5. The number of aliphatic hydroxyl groups excluding tert-OH is 2. The molecule has 7 atom stereocenters. The molecule has 51 heteroatoms. The van der Waals surface area contributed by atoms with Gasteiger partial charge in [-0.15, -0.1) is 19.7 Å². The molecular weight excluding hydrogens is 2010 g/mol. The van der Waals surface area contributed by atoms with E-state index in [9.17, 15) is 99.1 Å². The van der Waals surface area contributed by atoms with Crippen LogP contribution in [-0.4, -0.2) is 180 Å². The number of carbonyl (C=O) groups is 5. The number of sulfonamides is 5. The largest absolute Gasteiger partial charge is 0.488 e. The number of hydrogen-bond acceptors (Lipinski definition) is 27. The van der Waals surface area contributed by atoms with Crippen LogP contribution in [0.25, 0.3) is 0 Å². The van der Waals surface area contributed by atoms with Gasteiger partial charge in [0.2, 0.25) is 50.1 Å². The van der Waals surface area contributed by atoms with Crippen molar-refractivity contribution in [1.82, 2.24) is 46.4 Å². The van der Waals surface area contributed by atoms with E-state index >= 15 is 0 Å². The van der Waals surface area contributed by atoms with Crippen LogP contribution in [0.1, 0.15) is 127 Å². The Labute approximate surface area is 836 Å². The summed E-state index contributed by atoms with van der Waals surface area (Å²) in [6.07, 6.45) is 4.97. The molecular formula is C95H96F4N20O22S5. The standard InChI is InChI=1S/C20H22N4O5S.C19H18F2N4O5S.C19H18F2N4O4S.C19H20N4O4S.C18H18N4O4S/c1-4-5-16(25)15-11-29-19-17(30(27,28)23-15)10-24(3)18(19)20(26)22-14-7-6-12(2)13(8-14)9-21;1-10-3-4-12(5-11(10)7-22)23-19(27)17-18-15(8-25(17)2)31(28,29)24-13(9-30-18)14(26)6-16(20)21;1-11-3-4-13(7-12(11)8-22)23-19(26)17-18-15(9-25(17)2)30(27,28)24-14(10-29-18)5-6-16(20)21;1-4-5-15-11-27-18-16(28(25,26)22-15)10-23(3)17(18)19(24)21-14-7-6-12(2)13(8-14)9-20;1-4-13-10-26-17-15(27(24,25)21-13)9-22(3)16(17)18(23)20-14-6-5-11(2)12(7-14)8-19/h4,6-8,10,15-16,23,25H,1,5,11H2,2-3H3,(H,22,26);3-6,8,13-14,24,26H,9H2,1-2H3,(H,23,27);3-4,6-7,9,14,24H,5,10H2,1-2H3,(H,23,26);4,6-8,10,15,22H,1,5,11H2,2-3H3,(H,21,24);4-7,9,13,21H,1,10H2,2-3H3,(H,20,23). The van der Waals surface area contributed by atoms with E-state index in [4.69, 9.17) is 44.7 Å². The number of aromatic nitrogens is 5. The number of halogens is 4. The fraction of sp³-hybridized carbons (Fsp3) is 0.263. The molecule has 0 fully saturated rings. The number of hydrogen-bond donors (Lipinski definition) is 12. The van der Waals surface area contributed by atoms with Crippen molar-refractivity contribution >= 4 is 108 Å². The Balaban J connectivity index is 0.000000174. The van der Waals surface area contributed by atoms with Crippen molar-refractivity contribution in [2.45, 2.75) is 121 Å². The first-order chi connectivity index (χ1) is 68.8. The van der Waals surface area contributed by atoms with Crippen LogP contribution in [0.2, 0.25) is 0 Å². The van der Waals surface area contributed by atoms with Crippen molar-refractivity contribution in [3.05, 3.63) is 268 Å². The van der Waals surface area contributed by atoms with Crippen LogP contribution in [0, 0.1) is 91.3 Å². The quantitative estimate of drug-likeness (QED) is 0.0249. The molecule has 15 rings (SSSR count). The predicted molar refractivity (Wildman–Crippen MR) is 521 cm³/mol. The first-order valence-corrected chi connectivity index (χ1v) is 50.8. The lowest BCUT2D eigenvalue weighted by Crippen LogP contribution is -2.45. The Morgan fingerprint density at radius 1 is 0.390 bits per heavy atom. The average Bonchev–Trinajstić information content (AvgIpc) is 1.63. The van der Waals surface area contributed by atoms with Gasteiger partial charge in [0.25, 0.3) is 41.7 Å². The molecule has 5 aromatic heterocycles. The zero-order valence-electron chi connectivity index (χ0n) is 79.3. The Kier molecular flexibility index (Phi) is 35.0. The van der Waals surface area contributed by atoms with Crippen molar-refractivity contribution in [3.63, 3.8) is 0 Å². The number of aliphatic hydroxyl groups is 2. The number of aryl methyl sites for hydroxylation is 10. The van der Waals surface area contributed by atoms with Gasteiger partial charge in [0.1, 0.15) is 57.5 Å². The van der Waals surface area contributed by atoms with Crippen LogP contribution < -0.4 is 73.9 Å². The maximum absolute atomic E-state index is 12.9. The highest BCUT2D eigenvalue weighted by atomic mass is 32.2. The molecule has 766 valence electrons.